The Kier molecular flexibility index (Phi) is 10.3. The molecule has 8 heteroatoms. The van der Waals surface area contributed by atoms with Crippen molar-refractivity contribution >= 4 is 41.5 Å². The molecule has 3 N–H and O–H groups in total. The second kappa shape index (κ2) is 12.2. The normalized spacial score (nSPS) is 10.6. The van der Waals surface area contributed by atoms with Crippen molar-refractivity contribution in [3.8, 4) is 5.75 Å². The topological polar surface area (TPSA) is 74.8 Å². The first kappa shape index (κ1) is 23.7. The van der Waals surface area contributed by atoms with Crippen molar-refractivity contribution in [1.82, 2.24) is 10.6 Å². The van der Waals surface area contributed by atoms with Gasteiger partial charge in [0.05, 0.1) is 12.8 Å². The van der Waals surface area contributed by atoms with Crippen LogP contribution in [0.3, 0.4) is 0 Å². The summed E-state index contributed by atoms with van der Waals surface area (Å²) >= 11 is 0. The quantitative estimate of drug-likeness (QED) is 0.310. The summed E-state index contributed by atoms with van der Waals surface area (Å²) in [7, 11) is 3.26. The predicted molar refractivity (Wildman–Crippen MR) is 121 cm³/mol. The fraction of sp³-hybridized carbons (Fsp3) is 0.300. The molecule has 6 nitrogen and oxygen atoms in total. The molecule has 0 aromatic heterocycles. The van der Waals surface area contributed by atoms with Gasteiger partial charge in [0.1, 0.15) is 11.6 Å². The number of aliphatic imine (C=N–C) groups is 1. The number of methoxy groups -OCH3 is 1. The Morgan fingerprint density at radius 2 is 1.79 bits per heavy atom. The second-order valence-electron chi connectivity index (χ2n) is 5.94. The highest BCUT2D eigenvalue weighted by molar-refractivity contribution is 14.0. The monoisotopic (exact) mass is 500 g/mol. The van der Waals surface area contributed by atoms with Gasteiger partial charge in [0.25, 0.3) is 0 Å². The molecule has 2 rings (SSSR count). The second-order valence-corrected chi connectivity index (χ2v) is 5.94. The number of hydrogen-bond donors (Lipinski definition) is 3. The summed E-state index contributed by atoms with van der Waals surface area (Å²) in [5, 5.41) is 9.21. The van der Waals surface area contributed by atoms with Gasteiger partial charge in [-0.3, -0.25) is 9.79 Å². The SMILES string of the molecule is CN=C(NCCc1ccc(F)cc1)NCc1ccc(OC)c(NC(C)=O)c1.I. The average molecular weight is 500 g/mol. The zero-order chi connectivity index (χ0) is 19.6. The van der Waals surface area contributed by atoms with Crippen LogP contribution in [0, 0.1) is 5.82 Å². The molecule has 2 aromatic carbocycles. The van der Waals surface area contributed by atoms with E-state index in [1.165, 1.54) is 19.1 Å². The van der Waals surface area contributed by atoms with Crippen molar-refractivity contribution in [2.45, 2.75) is 19.9 Å². The summed E-state index contributed by atoms with van der Waals surface area (Å²) in [6.45, 7) is 2.66. The Bertz CT molecular complexity index is 797. The molecule has 0 aliphatic rings. The number of nitrogens with zero attached hydrogens (tertiary/aromatic N) is 1. The van der Waals surface area contributed by atoms with E-state index in [4.69, 9.17) is 4.74 Å². The smallest absolute Gasteiger partial charge is 0.221 e. The molecule has 0 bridgehead atoms. The van der Waals surface area contributed by atoms with Gasteiger partial charge >= 0.3 is 0 Å². The molecule has 0 radical (unpaired) electrons. The van der Waals surface area contributed by atoms with Crippen LogP contribution in [0.4, 0.5) is 10.1 Å². The minimum Gasteiger partial charge on any atom is -0.495 e. The van der Waals surface area contributed by atoms with Crippen LogP contribution in [0.5, 0.6) is 5.75 Å². The van der Waals surface area contributed by atoms with Crippen molar-refractivity contribution in [2.75, 3.05) is 26.0 Å². The molecule has 0 heterocycles. The molecule has 1 amide bonds. The van der Waals surface area contributed by atoms with E-state index in [0.717, 1.165) is 17.5 Å². The van der Waals surface area contributed by atoms with Crippen molar-refractivity contribution in [1.29, 1.82) is 0 Å². The standard InChI is InChI=1S/C20H25FN4O2.HI/c1-14(26)25-18-12-16(6-9-19(18)27-3)13-24-20(22-2)23-11-10-15-4-7-17(21)8-5-15;/h4-9,12H,10-11,13H2,1-3H3,(H,25,26)(H2,22,23,24);1H. The Morgan fingerprint density at radius 1 is 1.11 bits per heavy atom. The molecule has 28 heavy (non-hydrogen) atoms. The van der Waals surface area contributed by atoms with Gasteiger partial charge in [0.2, 0.25) is 5.91 Å². The zero-order valence-corrected chi connectivity index (χ0v) is 18.5. The van der Waals surface area contributed by atoms with Gasteiger partial charge in [-0.05, 0) is 41.8 Å². The number of rotatable bonds is 7. The number of carbonyl (C=O) groups excluding carboxylic acids is 1. The third-order valence-corrected chi connectivity index (χ3v) is 3.88. The Hall–Kier alpha value is -2.36. The number of benzene rings is 2. The van der Waals surface area contributed by atoms with Crippen LogP contribution in [0.2, 0.25) is 0 Å². The molecule has 0 fully saturated rings. The predicted octanol–water partition coefficient (Wildman–Crippen LogP) is 3.32. The molecule has 2 aromatic rings. The zero-order valence-electron chi connectivity index (χ0n) is 16.2. The fourth-order valence-electron chi connectivity index (χ4n) is 2.54. The van der Waals surface area contributed by atoms with Crippen LogP contribution < -0.4 is 20.7 Å². The maximum atomic E-state index is 12.9. The highest BCUT2D eigenvalue weighted by Gasteiger charge is 2.07. The minimum absolute atomic E-state index is 0. The number of hydrogen-bond acceptors (Lipinski definition) is 3. The van der Waals surface area contributed by atoms with Crippen LogP contribution in [0.15, 0.2) is 47.5 Å². The van der Waals surface area contributed by atoms with Gasteiger partial charge in [-0.25, -0.2) is 4.39 Å². The number of guanidine groups is 1. The summed E-state index contributed by atoms with van der Waals surface area (Å²) < 4.78 is 18.2. The lowest BCUT2D eigenvalue weighted by atomic mass is 10.1. The number of amides is 1. The van der Waals surface area contributed by atoms with Crippen LogP contribution in [0.25, 0.3) is 0 Å². The van der Waals surface area contributed by atoms with E-state index in [9.17, 15) is 9.18 Å². The van der Waals surface area contributed by atoms with E-state index in [1.54, 1.807) is 26.3 Å². The fourth-order valence-corrected chi connectivity index (χ4v) is 2.54. The van der Waals surface area contributed by atoms with E-state index >= 15 is 0 Å². The summed E-state index contributed by atoms with van der Waals surface area (Å²) in [6.07, 6.45) is 0.760. The minimum atomic E-state index is -0.234. The van der Waals surface area contributed by atoms with Crippen molar-refractivity contribution in [2.24, 2.45) is 4.99 Å². The van der Waals surface area contributed by atoms with Crippen LogP contribution in [0.1, 0.15) is 18.1 Å². The van der Waals surface area contributed by atoms with E-state index < -0.39 is 0 Å². The van der Waals surface area contributed by atoms with Crippen molar-refractivity contribution < 1.29 is 13.9 Å². The Morgan fingerprint density at radius 3 is 2.39 bits per heavy atom. The van der Waals surface area contributed by atoms with Gasteiger partial charge in [-0.15, -0.1) is 24.0 Å². The number of nitrogens with one attached hydrogen (secondary N) is 3. The number of carbonyl (C=O) groups is 1. The summed E-state index contributed by atoms with van der Waals surface area (Å²) in [5.41, 5.74) is 2.65. The average Bonchev–Trinajstić information content (AvgIpc) is 2.65. The van der Waals surface area contributed by atoms with Crippen LogP contribution in [-0.2, 0) is 17.8 Å². The van der Waals surface area contributed by atoms with Gasteiger partial charge in [0.15, 0.2) is 5.96 Å². The largest absolute Gasteiger partial charge is 0.495 e. The molecule has 0 atom stereocenters. The summed E-state index contributed by atoms with van der Waals surface area (Å²) in [5.74, 6) is 0.878. The number of anilines is 1. The number of ether oxygens (including phenoxy) is 1. The molecule has 152 valence electrons. The van der Waals surface area contributed by atoms with E-state index in [2.05, 4.69) is 20.9 Å². The first-order valence-electron chi connectivity index (χ1n) is 8.65. The summed E-state index contributed by atoms with van der Waals surface area (Å²) in [6, 6.07) is 12.1. The van der Waals surface area contributed by atoms with Gasteiger partial charge in [-0.1, -0.05) is 18.2 Å². The first-order chi connectivity index (χ1) is 13.0. The lowest BCUT2D eigenvalue weighted by molar-refractivity contribution is -0.114. The molecular weight excluding hydrogens is 474 g/mol. The molecule has 0 spiro atoms. The third-order valence-electron chi connectivity index (χ3n) is 3.88. The molecular formula is C20H26FIN4O2. The number of halogens is 2. The van der Waals surface area contributed by atoms with Gasteiger partial charge in [-0.2, -0.15) is 0 Å². The van der Waals surface area contributed by atoms with Crippen LogP contribution in [-0.4, -0.2) is 32.6 Å². The van der Waals surface area contributed by atoms with E-state index in [0.29, 0.717) is 30.5 Å². The van der Waals surface area contributed by atoms with E-state index in [1.807, 2.05) is 18.2 Å². The van der Waals surface area contributed by atoms with Gasteiger partial charge < -0.3 is 20.7 Å². The summed E-state index contributed by atoms with van der Waals surface area (Å²) in [4.78, 5) is 15.5. The molecule has 0 aliphatic heterocycles. The van der Waals surface area contributed by atoms with E-state index in [-0.39, 0.29) is 35.7 Å². The molecule has 0 saturated heterocycles. The van der Waals surface area contributed by atoms with Crippen molar-refractivity contribution in [3.63, 3.8) is 0 Å². The maximum Gasteiger partial charge on any atom is 0.221 e. The Balaban J connectivity index is 0.00000392. The first-order valence-corrected chi connectivity index (χ1v) is 8.65. The maximum absolute atomic E-state index is 12.9. The molecule has 0 unspecified atom stereocenters. The lowest BCUT2D eigenvalue weighted by Gasteiger charge is -2.14. The lowest BCUT2D eigenvalue weighted by Crippen LogP contribution is -2.37. The highest BCUT2D eigenvalue weighted by atomic mass is 127. The van der Waals surface area contributed by atoms with Crippen molar-refractivity contribution in [3.05, 3.63) is 59.4 Å². The van der Waals surface area contributed by atoms with Crippen LogP contribution >= 0.6 is 24.0 Å². The Labute approximate surface area is 182 Å². The highest BCUT2D eigenvalue weighted by Crippen LogP contribution is 2.25. The molecule has 0 saturated carbocycles. The van der Waals surface area contributed by atoms with Gasteiger partial charge in [0, 0.05) is 27.1 Å². The third kappa shape index (κ3) is 7.71. The molecule has 0 aliphatic carbocycles.